The quantitative estimate of drug-likeness (QED) is 0.837. The van der Waals surface area contributed by atoms with Crippen molar-refractivity contribution in [1.29, 1.82) is 0 Å². The number of rotatable bonds is 2. The van der Waals surface area contributed by atoms with Gasteiger partial charge in [0.2, 0.25) is 0 Å². The van der Waals surface area contributed by atoms with Crippen molar-refractivity contribution in [2.45, 2.75) is 25.5 Å². The second kappa shape index (κ2) is 5.22. The van der Waals surface area contributed by atoms with Crippen LogP contribution in [0.3, 0.4) is 0 Å². The van der Waals surface area contributed by atoms with Gasteiger partial charge in [-0.2, -0.15) is 0 Å². The fourth-order valence-electron chi connectivity index (χ4n) is 2.51. The molecule has 2 aromatic heterocycles. The number of aromatic nitrogens is 4. The summed E-state index contributed by atoms with van der Waals surface area (Å²) in [6, 6.07) is 0. The standard InChI is InChI=1S/C14H19N5OS/c1-11-16-4-5-19(11)13-9-15-8-12(17-13)18-6-7-21(20)14(2,3)10-18/h4-5,8-9H,6-7,10H2,1-3H3. The van der Waals surface area contributed by atoms with Crippen LogP contribution in [0.1, 0.15) is 19.7 Å². The molecular formula is C14H19N5OS. The zero-order chi connectivity index (χ0) is 15.0. The Kier molecular flexibility index (Phi) is 3.52. The number of hydrogen-bond acceptors (Lipinski definition) is 5. The highest BCUT2D eigenvalue weighted by Gasteiger charge is 2.33. The molecule has 112 valence electrons. The van der Waals surface area contributed by atoms with Crippen LogP contribution in [0.25, 0.3) is 5.82 Å². The van der Waals surface area contributed by atoms with Crippen LogP contribution in [0.2, 0.25) is 0 Å². The average Bonchev–Trinajstić information content (AvgIpc) is 2.88. The summed E-state index contributed by atoms with van der Waals surface area (Å²) in [6.07, 6.45) is 7.11. The molecule has 21 heavy (non-hydrogen) atoms. The zero-order valence-corrected chi connectivity index (χ0v) is 13.3. The second-order valence-corrected chi connectivity index (χ2v) is 8.02. The fourth-order valence-corrected chi connectivity index (χ4v) is 3.75. The van der Waals surface area contributed by atoms with E-state index in [9.17, 15) is 4.21 Å². The van der Waals surface area contributed by atoms with E-state index in [-0.39, 0.29) is 4.75 Å². The van der Waals surface area contributed by atoms with Gasteiger partial charge in [-0.05, 0) is 20.8 Å². The Balaban J connectivity index is 1.90. The van der Waals surface area contributed by atoms with Gasteiger partial charge in [-0.25, -0.2) is 9.97 Å². The number of aryl methyl sites for hydroxylation is 1. The molecule has 3 rings (SSSR count). The largest absolute Gasteiger partial charge is 0.353 e. The minimum Gasteiger partial charge on any atom is -0.353 e. The van der Waals surface area contributed by atoms with Crippen LogP contribution < -0.4 is 4.90 Å². The van der Waals surface area contributed by atoms with Crippen LogP contribution in [-0.4, -0.2) is 47.3 Å². The Labute approximate surface area is 126 Å². The lowest BCUT2D eigenvalue weighted by molar-refractivity contribution is 0.586. The highest BCUT2D eigenvalue weighted by molar-refractivity contribution is 7.86. The molecule has 0 aliphatic carbocycles. The molecule has 6 nitrogen and oxygen atoms in total. The van der Waals surface area contributed by atoms with Crippen molar-refractivity contribution in [2.24, 2.45) is 0 Å². The van der Waals surface area contributed by atoms with Crippen LogP contribution >= 0.6 is 0 Å². The highest BCUT2D eigenvalue weighted by Crippen LogP contribution is 2.24. The number of hydrogen-bond donors (Lipinski definition) is 0. The van der Waals surface area contributed by atoms with Gasteiger partial charge in [0.05, 0.1) is 17.1 Å². The molecule has 1 fully saturated rings. The smallest absolute Gasteiger partial charge is 0.159 e. The first-order chi connectivity index (χ1) is 9.97. The van der Waals surface area contributed by atoms with E-state index < -0.39 is 10.8 Å². The third-order valence-corrected chi connectivity index (χ3v) is 5.66. The lowest BCUT2D eigenvalue weighted by Crippen LogP contribution is -2.50. The highest BCUT2D eigenvalue weighted by atomic mass is 32.2. The van der Waals surface area contributed by atoms with Crippen molar-refractivity contribution in [3.63, 3.8) is 0 Å². The molecule has 0 amide bonds. The Bertz CT molecular complexity index is 682. The normalized spacial score (nSPS) is 21.5. The maximum atomic E-state index is 12.0. The van der Waals surface area contributed by atoms with Gasteiger partial charge in [0.25, 0.3) is 0 Å². The number of imidazole rings is 1. The van der Waals surface area contributed by atoms with Crippen LogP contribution in [0.5, 0.6) is 0 Å². The maximum absolute atomic E-state index is 12.0. The molecule has 0 saturated carbocycles. The van der Waals surface area contributed by atoms with Crippen LogP contribution in [0, 0.1) is 6.92 Å². The van der Waals surface area contributed by atoms with E-state index in [0.717, 1.165) is 30.5 Å². The lowest BCUT2D eigenvalue weighted by Gasteiger charge is -2.37. The molecule has 1 atom stereocenters. The predicted octanol–water partition coefficient (Wildman–Crippen LogP) is 1.32. The maximum Gasteiger partial charge on any atom is 0.159 e. The van der Waals surface area contributed by atoms with Crippen molar-refractivity contribution in [2.75, 3.05) is 23.7 Å². The van der Waals surface area contributed by atoms with Gasteiger partial charge in [-0.1, -0.05) is 0 Å². The summed E-state index contributed by atoms with van der Waals surface area (Å²) in [5, 5.41) is 0. The second-order valence-electron chi connectivity index (χ2n) is 5.81. The summed E-state index contributed by atoms with van der Waals surface area (Å²) >= 11 is 0. The van der Waals surface area contributed by atoms with E-state index in [1.165, 1.54) is 0 Å². The number of nitrogens with zero attached hydrogens (tertiary/aromatic N) is 5. The van der Waals surface area contributed by atoms with E-state index in [1.54, 1.807) is 18.6 Å². The summed E-state index contributed by atoms with van der Waals surface area (Å²) in [5.74, 6) is 3.13. The first-order valence-electron chi connectivity index (χ1n) is 6.93. The summed E-state index contributed by atoms with van der Waals surface area (Å²) in [6.45, 7) is 7.47. The molecule has 1 aliphatic heterocycles. The van der Waals surface area contributed by atoms with Crippen LogP contribution in [0.15, 0.2) is 24.8 Å². The van der Waals surface area contributed by atoms with Crippen molar-refractivity contribution in [1.82, 2.24) is 19.5 Å². The van der Waals surface area contributed by atoms with E-state index >= 15 is 0 Å². The predicted molar refractivity (Wildman–Crippen MR) is 83.2 cm³/mol. The van der Waals surface area contributed by atoms with Gasteiger partial charge >= 0.3 is 0 Å². The van der Waals surface area contributed by atoms with Gasteiger partial charge in [-0.15, -0.1) is 0 Å². The molecule has 1 unspecified atom stereocenters. The van der Waals surface area contributed by atoms with Gasteiger partial charge in [0.15, 0.2) is 5.82 Å². The van der Waals surface area contributed by atoms with Crippen molar-refractivity contribution in [3.05, 3.63) is 30.6 Å². The van der Waals surface area contributed by atoms with Gasteiger partial charge in [0.1, 0.15) is 11.6 Å². The summed E-state index contributed by atoms with van der Waals surface area (Å²) in [7, 11) is -0.789. The van der Waals surface area contributed by atoms with Crippen molar-refractivity contribution >= 4 is 16.6 Å². The molecule has 0 N–H and O–H groups in total. The monoisotopic (exact) mass is 305 g/mol. The van der Waals surface area contributed by atoms with E-state index in [4.69, 9.17) is 0 Å². The first-order valence-corrected chi connectivity index (χ1v) is 8.25. The van der Waals surface area contributed by atoms with Gasteiger partial charge < -0.3 is 4.90 Å². The molecule has 7 heteroatoms. The SMILES string of the molecule is Cc1nccn1-c1cncc(N2CCS(=O)C(C)(C)C2)n1. The minimum atomic E-state index is -0.789. The van der Waals surface area contributed by atoms with Crippen molar-refractivity contribution in [3.8, 4) is 5.82 Å². The third-order valence-electron chi connectivity index (χ3n) is 3.74. The van der Waals surface area contributed by atoms with Gasteiger partial charge in [0, 0.05) is 42.0 Å². The fraction of sp³-hybridized carbons (Fsp3) is 0.500. The van der Waals surface area contributed by atoms with E-state index in [0.29, 0.717) is 5.75 Å². The summed E-state index contributed by atoms with van der Waals surface area (Å²) < 4.78 is 13.7. The molecular weight excluding hydrogens is 286 g/mol. The Morgan fingerprint density at radius 1 is 1.29 bits per heavy atom. The topological polar surface area (TPSA) is 63.9 Å². The first kappa shape index (κ1) is 14.2. The van der Waals surface area contributed by atoms with E-state index in [1.807, 2.05) is 31.5 Å². The van der Waals surface area contributed by atoms with E-state index in [2.05, 4.69) is 19.9 Å². The summed E-state index contributed by atoms with van der Waals surface area (Å²) in [4.78, 5) is 15.3. The molecule has 0 radical (unpaired) electrons. The number of anilines is 1. The average molecular weight is 305 g/mol. The van der Waals surface area contributed by atoms with Gasteiger partial charge in [-0.3, -0.25) is 13.8 Å². The minimum absolute atomic E-state index is 0.221. The molecule has 3 heterocycles. The van der Waals surface area contributed by atoms with Crippen LogP contribution in [0.4, 0.5) is 5.82 Å². The lowest BCUT2D eigenvalue weighted by atomic mass is 10.2. The molecule has 2 aromatic rings. The molecule has 0 bridgehead atoms. The molecule has 1 aliphatic rings. The Morgan fingerprint density at radius 3 is 2.71 bits per heavy atom. The van der Waals surface area contributed by atoms with Crippen LogP contribution in [-0.2, 0) is 10.8 Å². The Hall–Kier alpha value is -1.76. The molecule has 0 aromatic carbocycles. The molecule has 0 spiro atoms. The summed E-state index contributed by atoms with van der Waals surface area (Å²) in [5.41, 5.74) is 0. The van der Waals surface area contributed by atoms with Crippen molar-refractivity contribution < 1.29 is 4.21 Å². The Morgan fingerprint density at radius 2 is 2.05 bits per heavy atom. The third kappa shape index (κ3) is 2.70. The zero-order valence-electron chi connectivity index (χ0n) is 12.5. The molecule has 1 saturated heterocycles.